The Morgan fingerprint density at radius 1 is 1.21 bits per heavy atom. The Bertz CT molecular complexity index is 962. The van der Waals surface area contributed by atoms with E-state index in [1.807, 2.05) is 29.2 Å². The topological polar surface area (TPSA) is 58.2 Å². The van der Waals surface area contributed by atoms with Crippen LogP contribution in [0.3, 0.4) is 0 Å². The van der Waals surface area contributed by atoms with Gasteiger partial charge in [0.1, 0.15) is 11.6 Å². The van der Waals surface area contributed by atoms with Crippen LogP contribution in [-0.2, 0) is 4.79 Å². The molecule has 1 aromatic heterocycles. The number of aromatic nitrogens is 2. The average molecular weight is 392 g/mol. The van der Waals surface area contributed by atoms with Crippen LogP contribution in [0, 0.1) is 13.8 Å². The number of nitrogens with zero attached hydrogens (tertiary/aromatic N) is 2. The number of nitrogens with one attached hydrogen (secondary N) is 1. The first-order chi connectivity index (χ1) is 14.1. The molecule has 3 aromatic rings. The number of para-hydroxylation sites is 2. The van der Waals surface area contributed by atoms with Crippen LogP contribution < -0.4 is 4.74 Å². The van der Waals surface area contributed by atoms with Gasteiger partial charge in [-0.2, -0.15) is 0 Å². The van der Waals surface area contributed by atoms with Gasteiger partial charge in [0.05, 0.1) is 23.7 Å². The minimum absolute atomic E-state index is 0.0705. The Labute approximate surface area is 172 Å². The molecule has 0 bridgehead atoms. The maximum absolute atomic E-state index is 12.8. The van der Waals surface area contributed by atoms with E-state index in [1.54, 1.807) is 0 Å². The van der Waals surface area contributed by atoms with E-state index in [-0.39, 0.29) is 11.9 Å². The highest BCUT2D eigenvalue weighted by atomic mass is 16.5. The first-order valence-corrected chi connectivity index (χ1v) is 10.6. The number of benzene rings is 2. The lowest BCUT2D eigenvalue weighted by Crippen LogP contribution is -2.30. The maximum atomic E-state index is 12.8. The number of H-pyrrole nitrogens is 1. The number of fused-ring (bicyclic) bond motifs is 1. The number of carbonyl (C=O) groups is 1. The molecule has 1 amide bonds. The molecule has 5 heteroatoms. The monoisotopic (exact) mass is 391 g/mol. The molecule has 1 atom stereocenters. The van der Waals surface area contributed by atoms with Gasteiger partial charge in [0, 0.05) is 13.0 Å². The number of ether oxygens (including phenoxy) is 1. The van der Waals surface area contributed by atoms with E-state index in [2.05, 4.69) is 37.0 Å². The van der Waals surface area contributed by atoms with Crippen LogP contribution in [-0.4, -0.2) is 33.9 Å². The standard InChI is InChI=1S/C24H29N3O2/c1-17-12-13-18(2)22(16-17)29-15-6-5-11-23(28)27-14-7-10-21(27)24-25-19-8-3-4-9-20(19)26-24/h3-4,8-9,12-13,16,21H,5-7,10-11,14-15H2,1-2H3,(H,25,26). The molecular formula is C24H29N3O2. The van der Waals surface area contributed by atoms with Gasteiger partial charge in [0.25, 0.3) is 0 Å². The molecule has 0 spiro atoms. The van der Waals surface area contributed by atoms with Gasteiger partial charge in [0.2, 0.25) is 5.91 Å². The molecule has 1 N–H and O–H groups in total. The van der Waals surface area contributed by atoms with Gasteiger partial charge in [-0.1, -0.05) is 24.3 Å². The lowest BCUT2D eigenvalue weighted by molar-refractivity contribution is -0.132. The largest absolute Gasteiger partial charge is 0.493 e. The molecule has 0 aliphatic carbocycles. The zero-order valence-electron chi connectivity index (χ0n) is 17.3. The van der Waals surface area contributed by atoms with E-state index in [0.717, 1.165) is 60.4 Å². The molecule has 29 heavy (non-hydrogen) atoms. The smallest absolute Gasteiger partial charge is 0.223 e. The lowest BCUT2D eigenvalue weighted by atomic mass is 10.1. The third kappa shape index (κ3) is 4.44. The van der Waals surface area contributed by atoms with E-state index < -0.39 is 0 Å². The summed E-state index contributed by atoms with van der Waals surface area (Å²) in [5.74, 6) is 2.08. The summed E-state index contributed by atoms with van der Waals surface area (Å²) < 4.78 is 5.91. The summed E-state index contributed by atoms with van der Waals surface area (Å²) in [6.07, 6.45) is 4.28. The molecule has 1 unspecified atom stereocenters. The number of likely N-dealkylation sites (tertiary alicyclic amines) is 1. The number of hydrogen-bond donors (Lipinski definition) is 1. The fraction of sp³-hybridized carbons (Fsp3) is 0.417. The number of imidazole rings is 1. The Balaban J connectivity index is 1.28. The Morgan fingerprint density at radius 3 is 2.93 bits per heavy atom. The Hall–Kier alpha value is -2.82. The van der Waals surface area contributed by atoms with Gasteiger partial charge in [-0.05, 0) is 68.9 Å². The van der Waals surface area contributed by atoms with Crippen molar-refractivity contribution in [2.45, 2.75) is 52.0 Å². The highest BCUT2D eigenvalue weighted by molar-refractivity contribution is 5.78. The highest BCUT2D eigenvalue weighted by Gasteiger charge is 2.31. The van der Waals surface area contributed by atoms with E-state index in [0.29, 0.717) is 13.0 Å². The van der Waals surface area contributed by atoms with E-state index in [4.69, 9.17) is 9.72 Å². The summed E-state index contributed by atoms with van der Waals surface area (Å²) in [6.45, 7) is 5.59. The first kappa shape index (κ1) is 19.5. The third-order valence-corrected chi connectivity index (χ3v) is 5.68. The van der Waals surface area contributed by atoms with Gasteiger partial charge in [-0.25, -0.2) is 4.98 Å². The number of aryl methyl sites for hydroxylation is 2. The van der Waals surface area contributed by atoms with Gasteiger partial charge in [0.15, 0.2) is 0 Å². The molecular weight excluding hydrogens is 362 g/mol. The summed E-state index contributed by atoms with van der Waals surface area (Å²) in [7, 11) is 0. The van der Waals surface area contributed by atoms with Crippen molar-refractivity contribution in [2.75, 3.05) is 13.2 Å². The molecule has 152 valence electrons. The average Bonchev–Trinajstić information content (AvgIpc) is 3.36. The molecule has 1 saturated heterocycles. The SMILES string of the molecule is Cc1ccc(C)c(OCCCCC(=O)N2CCCC2c2nc3ccccc3[nH]2)c1. The van der Waals surface area contributed by atoms with Gasteiger partial charge in [-0.3, -0.25) is 4.79 Å². The predicted molar refractivity (Wildman–Crippen MR) is 115 cm³/mol. The number of rotatable bonds is 7. The second kappa shape index (κ2) is 8.68. The second-order valence-electron chi connectivity index (χ2n) is 7.96. The van der Waals surface area contributed by atoms with Gasteiger partial charge < -0.3 is 14.6 Å². The highest BCUT2D eigenvalue weighted by Crippen LogP contribution is 2.32. The molecule has 0 saturated carbocycles. The van der Waals surface area contributed by atoms with Crippen LogP contribution in [0.15, 0.2) is 42.5 Å². The molecule has 2 aromatic carbocycles. The van der Waals surface area contributed by atoms with Crippen LogP contribution in [0.1, 0.15) is 55.1 Å². The summed E-state index contributed by atoms with van der Waals surface area (Å²) in [5, 5.41) is 0. The summed E-state index contributed by atoms with van der Waals surface area (Å²) in [4.78, 5) is 22.9. The van der Waals surface area contributed by atoms with Crippen molar-refractivity contribution in [3.8, 4) is 5.75 Å². The number of unbranched alkanes of at least 4 members (excludes halogenated alkanes) is 1. The third-order valence-electron chi connectivity index (χ3n) is 5.68. The normalized spacial score (nSPS) is 16.5. The quantitative estimate of drug-likeness (QED) is 0.571. The summed E-state index contributed by atoms with van der Waals surface area (Å²) in [6, 6.07) is 14.3. The van der Waals surface area contributed by atoms with Crippen LogP contribution in [0.2, 0.25) is 0 Å². The van der Waals surface area contributed by atoms with Crippen LogP contribution >= 0.6 is 0 Å². The van der Waals surface area contributed by atoms with Gasteiger partial charge >= 0.3 is 0 Å². The lowest BCUT2D eigenvalue weighted by Gasteiger charge is -2.23. The van der Waals surface area contributed by atoms with E-state index in [9.17, 15) is 4.79 Å². The molecule has 4 rings (SSSR count). The summed E-state index contributed by atoms with van der Waals surface area (Å²) >= 11 is 0. The van der Waals surface area contributed by atoms with Crippen LogP contribution in [0.5, 0.6) is 5.75 Å². The molecule has 0 radical (unpaired) electrons. The van der Waals surface area contributed by atoms with E-state index in [1.165, 1.54) is 5.56 Å². The van der Waals surface area contributed by atoms with Crippen molar-refractivity contribution in [1.82, 2.24) is 14.9 Å². The van der Waals surface area contributed by atoms with Crippen molar-refractivity contribution in [2.24, 2.45) is 0 Å². The number of carbonyl (C=O) groups excluding carboxylic acids is 1. The zero-order chi connectivity index (χ0) is 20.2. The molecule has 1 fully saturated rings. The van der Waals surface area contributed by atoms with Crippen molar-refractivity contribution >= 4 is 16.9 Å². The fourth-order valence-corrected chi connectivity index (χ4v) is 4.05. The Morgan fingerprint density at radius 2 is 2.07 bits per heavy atom. The Kier molecular flexibility index (Phi) is 5.84. The zero-order valence-corrected chi connectivity index (χ0v) is 17.3. The number of amides is 1. The van der Waals surface area contributed by atoms with Crippen LogP contribution in [0.25, 0.3) is 11.0 Å². The first-order valence-electron chi connectivity index (χ1n) is 10.6. The maximum Gasteiger partial charge on any atom is 0.223 e. The minimum atomic E-state index is 0.0705. The minimum Gasteiger partial charge on any atom is -0.493 e. The number of aromatic amines is 1. The van der Waals surface area contributed by atoms with Gasteiger partial charge in [-0.15, -0.1) is 0 Å². The number of hydrogen-bond acceptors (Lipinski definition) is 3. The van der Waals surface area contributed by atoms with Crippen LogP contribution in [0.4, 0.5) is 0 Å². The molecule has 1 aliphatic rings. The summed E-state index contributed by atoms with van der Waals surface area (Å²) in [5.41, 5.74) is 4.35. The molecule has 2 heterocycles. The molecule has 5 nitrogen and oxygen atoms in total. The van der Waals surface area contributed by atoms with Crippen molar-refractivity contribution in [3.05, 3.63) is 59.4 Å². The predicted octanol–water partition coefficient (Wildman–Crippen LogP) is 5.09. The van der Waals surface area contributed by atoms with Crippen molar-refractivity contribution < 1.29 is 9.53 Å². The fourth-order valence-electron chi connectivity index (χ4n) is 4.05. The second-order valence-corrected chi connectivity index (χ2v) is 7.96. The van der Waals surface area contributed by atoms with Crippen molar-refractivity contribution in [3.63, 3.8) is 0 Å². The molecule has 1 aliphatic heterocycles. The van der Waals surface area contributed by atoms with E-state index >= 15 is 0 Å². The van der Waals surface area contributed by atoms with Crippen molar-refractivity contribution in [1.29, 1.82) is 0 Å².